The number of rotatable bonds is 11. The zero-order valence-corrected chi connectivity index (χ0v) is 32.6. The molecule has 0 aliphatic carbocycles. The quantitative estimate of drug-likeness (QED) is 0.159. The van der Waals surface area contributed by atoms with Gasteiger partial charge in [-0.3, -0.25) is 24.1 Å². The van der Waals surface area contributed by atoms with Gasteiger partial charge < -0.3 is 19.7 Å². The Balaban J connectivity index is 0.00000295. The molecule has 0 saturated carbocycles. The lowest BCUT2D eigenvalue weighted by Crippen LogP contribution is -2.54. The third-order valence-corrected chi connectivity index (χ3v) is 9.90. The minimum atomic E-state index is -3.14. The molecule has 2 atom stereocenters. The van der Waals surface area contributed by atoms with Crippen molar-refractivity contribution >= 4 is 39.4 Å². The lowest BCUT2D eigenvalue weighted by molar-refractivity contribution is -0.151. The first-order chi connectivity index (χ1) is 26.7. The van der Waals surface area contributed by atoms with Gasteiger partial charge in [0.05, 0.1) is 47.1 Å². The number of carbonyl (C=O) groups excluding carboxylic acids is 2. The Morgan fingerprint density at radius 2 is 1.80 bits per heavy atom. The summed E-state index contributed by atoms with van der Waals surface area (Å²) in [5.41, 5.74) is 0.207. The largest absolute Gasteiger partial charge is 0.461 e. The van der Waals surface area contributed by atoms with Crippen LogP contribution in [0, 0.1) is 12.7 Å². The Labute approximate surface area is 322 Å². The van der Waals surface area contributed by atoms with Crippen molar-refractivity contribution in [3.05, 3.63) is 104 Å². The number of aryl methyl sites for hydroxylation is 2. The molecule has 15 heteroatoms. The van der Waals surface area contributed by atoms with E-state index in [0.29, 0.717) is 29.3 Å². The maximum Gasteiger partial charge on any atom is 0.335 e. The third-order valence-electron chi connectivity index (χ3n) is 9.90. The topological polar surface area (TPSA) is 138 Å². The first kappa shape index (κ1) is 41.6. The minimum Gasteiger partial charge on any atom is -0.461 e. The zero-order chi connectivity index (χ0) is 40.9. The van der Waals surface area contributed by atoms with Crippen LogP contribution in [0.25, 0.3) is 27.5 Å². The van der Waals surface area contributed by atoms with Gasteiger partial charge in [-0.15, -0.1) is 0 Å². The van der Waals surface area contributed by atoms with Gasteiger partial charge in [-0.05, 0) is 61.2 Å². The fraction of sp³-hybridized carbons (Fsp3) is 0.415. The van der Waals surface area contributed by atoms with Crippen LogP contribution >= 0.6 is 0 Å². The van der Waals surface area contributed by atoms with Crippen molar-refractivity contribution in [2.45, 2.75) is 84.9 Å². The number of pyridine rings is 2. The van der Waals surface area contributed by atoms with Crippen LogP contribution in [-0.2, 0) is 27.7 Å². The number of hydrogen-bond donors (Lipinski definition) is 1. The first-order valence-corrected chi connectivity index (χ1v) is 18.7. The van der Waals surface area contributed by atoms with E-state index in [4.69, 9.17) is 9.47 Å². The molecule has 2 aromatic carbocycles. The van der Waals surface area contributed by atoms with Crippen LogP contribution in [0.4, 0.5) is 18.9 Å². The number of ether oxygens (including phenoxy) is 2. The summed E-state index contributed by atoms with van der Waals surface area (Å²) in [6, 6.07) is 7.95. The number of carbonyl (C=O) groups is 2. The van der Waals surface area contributed by atoms with E-state index in [9.17, 15) is 28.0 Å². The van der Waals surface area contributed by atoms with Crippen LogP contribution in [0.5, 0.6) is 0 Å². The molecule has 12 nitrogen and oxygen atoms in total. The Hall–Kier alpha value is -5.57. The molecule has 1 fully saturated rings. The molecular formula is C41H47F3N6O6. The second kappa shape index (κ2) is 17.5. The molecule has 1 N–H and O–H groups in total. The maximum absolute atomic E-state index is 15.9. The van der Waals surface area contributed by atoms with Crippen LogP contribution in [0.15, 0.2) is 70.6 Å². The summed E-state index contributed by atoms with van der Waals surface area (Å²) in [5.74, 6) is -5.74. The van der Waals surface area contributed by atoms with Gasteiger partial charge in [0.25, 0.3) is 17.4 Å². The third kappa shape index (κ3) is 8.32. The van der Waals surface area contributed by atoms with E-state index in [2.05, 4.69) is 15.3 Å². The smallest absolute Gasteiger partial charge is 0.335 e. The fourth-order valence-corrected chi connectivity index (χ4v) is 6.94. The van der Waals surface area contributed by atoms with Crippen LogP contribution in [0.2, 0.25) is 0 Å². The molecule has 1 amide bonds. The van der Waals surface area contributed by atoms with Crippen molar-refractivity contribution in [1.82, 2.24) is 24.4 Å². The number of esters is 1. The molecule has 5 aromatic rings. The number of morpholine rings is 1. The van der Waals surface area contributed by atoms with Gasteiger partial charge in [-0.1, -0.05) is 39.8 Å². The molecule has 4 heterocycles. The number of nitrogens with zero attached hydrogens (tertiary/aromatic N) is 5. The van der Waals surface area contributed by atoms with Crippen LogP contribution < -0.4 is 21.5 Å². The van der Waals surface area contributed by atoms with Crippen LogP contribution in [-0.4, -0.2) is 74.8 Å². The molecule has 3 aromatic heterocycles. The van der Waals surface area contributed by atoms with Gasteiger partial charge in [-0.2, -0.15) is 0 Å². The van der Waals surface area contributed by atoms with E-state index < -0.39 is 53.1 Å². The standard InChI is InChI=1S/C39H41F3N6O6.C2H6/c1-6-25(7-2)54-37(51)29(45-35(49)33-22(3)17-24(19-28(33)40)47-15-16-53-21-32(47)39(4,41)42)18-23-10-11-30(34-26(23)9-8-13-44-34)48-36(50)27-12-14-43-20-31(27)46(5)38(48)52;1-2/h8-14,17,19-20,25,29,32H,6-7,15-16,18,21H2,1-5H3,(H,45,49);1-2H3/t29-,32+;/m0./s1. The minimum absolute atomic E-state index is 0.103. The second-order valence-corrected chi connectivity index (χ2v) is 13.5. The van der Waals surface area contributed by atoms with E-state index in [1.165, 1.54) is 54.2 Å². The maximum atomic E-state index is 15.9. The number of anilines is 1. The highest BCUT2D eigenvalue weighted by molar-refractivity contribution is 5.99. The zero-order valence-electron chi connectivity index (χ0n) is 32.6. The highest BCUT2D eigenvalue weighted by Crippen LogP contribution is 2.32. The monoisotopic (exact) mass is 776 g/mol. The molecule has 1 saturated heterocycles. The molecule has 0 spiro atoms. The number of halogens is 3. The van der Waals surface area contributed by atoms with Crippen LogP contribution in [0.1, 0.15) is 68.9 Å². The van der Waals surface area contributed by atoms with E-state index in [1.807, 2.05) is 27.7 Å². The summed E-state index contributed by atoms with van der Waals surface area (Å²) in [4.78, 5) is 64.7. The van der Waals surface area contributed by atoms with Crippen molar-refractivity contribution in [3.8, 4) is 5.69 Å². The molecule has 0 bridgehead atoms. The highest BCUT2D eigenvalue weighted by atomic mass is 19.3. The van der Waals surface area contributed by atoms with Gasteiger partial charge in [0.15, 0.2) is 0 Å². The summed E-state index contributed by atoms with van der Waals surface area (Å²) in [6.45, 7) is 10.0. The van der Waals surface area contributed by atoms with Crippen LogP contribution in [0.3, 0.4) is 0 Å². The molecule has 56 heavy (non-hydrogen) atoms. The predicted octanol–water partition coefficient (Wildman–Crippen LogP) is 6.04. The highest BCUT2D eigenvalue weighted by Gasteiger charge is 2.41. The molecule has 298 valence electrons. The Morgan fingerprint density at radius 1 is 1.07 bits per heavy atom. The summed E-state index contributed by atoms with van der Waals surface area (Å²) in [6.07, 6.45) is 4.87. The van der Waals surface area contributed by atoms with Gasteiger partial charge in [-0.25, -0.2) is 27.3 Å². The van der Waals surface area contributed by atoms with Gasteiger partial charge in [0.2, 0.25) is 0 Å². The lowest BCUT2D eigenvalue weighted by Gasteiger charge is -2.40. The van der Waals surface area contributed by atoms with E-state index in [0.717, 1.165) is 17.6 Å². The summed E-state index contributed by atoms with van der Waals surface area (Å²) in [7, 11) is 1.53. The Morgan fingerprint density at radius 3 is 2.48 bits per heavy atom. The fourth-order valence-electron chi connectivity index (χ4n) is 6.94. The SMILES string of the molecule is CC.CCC(CC)OC(=O)[C@H](Cc1ccc(-n2c(=O)c3ccncc3n(C)c2=O)c2ncccc12)NC(=O)c1c(C)cc(N2CCOC[C@@H]2C(C)(F)F)cc1F. The summed E-state index contributed by atoms with van der Waals surface area (Å²) < 4.78 is 58.1. The predicted molar refractivity (Wildman–Crippen MR) is 208 cm³/mol. The van der Waals surface area contributed by atoms with E-state index in [-0.39, 0.29) is 59.6 Å². The summed E-state index contributed by atoms with van der Waals surface area (Å²) >= 11 is 0. The molecule has 0 unspecified atom stereocenters. The van der Waals surface area contributed by atoms with Crippen molar-refractivity contribution < 1.29 is 32.2 Å². The average molecular weight is 777 g/mol. The average Bonchev–Trinajstić information content (AvgIpc) is 3.19. The second-order valence-electron chi connectivity index (χ2n) is 13.5. The number of benzene rings is 2. The lowest BCUT2D eigenvalue weighted by atomic mass is 9.98. The first-order valence-electron chi connectivity index (χ1n) is 18.7. The van der Waals surface area contributed by atoms with Crippen molar-refractivity contribution in [2.75, 3.05) is 24.7 Å². The Kier molecular flexibility index (Phi) is 13.0. The van der Waals surface area contributed by atoms with E-state index in [1.54, 1.807) is 24.3 Å². The number of fused-ring (bicyclic) bond motifs is 2. The van der Waals surface area contributed by atoms with Crippen molar-refractivity contribution in [1.29, 1.82) is 0 Å². The number of alkyl halides is 2. The van der Waals surface area contributed by atoms with Gasteiger partial charge in [0.1, 0.15) is 24.0 Å². The number of hydrogen-bond acceptors (Lipinski definition) is 9. The normalized spacial score (nSPS) is 15.1. The number of aromatic nitrogens is 4. The molecule has 1 aliphatic heterocycles. The number of amides is 1. The molecule has 1 aliphatic rings. The molecular weight excluding hydrogens is 729 g/mol. The van der Waals surface area contributed by atoms with Crippen molar-refractivity contribution in [2.24, 2.45) is 7.05 Å². The van der Waals surface area contributed by atoms with Crippen molar-refractivity contribution in [3.63, 3.8) is 0 Å². The molecule has 0 radical (unpaired) electrons. The summed E-state index contributed by atoms with van der Waals surface area (Å²) in [5, 5.41) is 3.43. The van der Waals surface area contributed by atoms with Gasteiger partial charge >= 0.3 is 11.7 Å². The van der Waals surface area contributed by atoms with Gasteiger partial charge in [0, 0.05) is 50.4 Å². The number of nitrogens with one attached hydrogen (secondary N) is 1. The Bertz CT molecular complexity index is 2330. The molecule has 6 rings (SSSR count). The van der Waals surface area contributed by atoms with E-state index >= 15 is 4.39 Å².